The third kappa shape index (κ3) is 5.66. The maximum Gasteiger partial charge on any atom is 0.136 e. The Bertz CT molecular complexity index is 3590. The minimum atomic E-state index is 0.883. The summed E-state index contributed by atoms with van der Waals surface area (Å²) in [5.74, 6) is 0. The smallest absolute Gasteiger partial charge is 0.136 e. The lowest BCUT2D eigenvalue weighted by atomic mass is 9.90. The maximum atomic E-state index is 6.39. The predicted molar refractivity (Wildman–Crippen MR) is 257 cm³/mol. The summed E-state index contributed by atoms with van der Waals surface area (Å²) in [5, 5.41) is 7.08. The van der Waals surface area contributed by atoms with E-state index < -0.39 is 0 Å². The summed E-state index contributed by atoms with van der Waals surface area (Å²) in [6, 6.07) is 83.1. The minimum Gasteiger partial charge on any atom is -0.456 e. The first-order valence-corrected chi connectivity index (χ1v) is 20.9. The summed E-state index contributed by atoms with van der Waals surface area (Å²) in [7, 11) is 0. The van der Waals surface area contributed by atoms with Crippen LogP contribution >= 0.6 is 0 Å². The molecule has 0 atom stereocenters. The molecular weight excluding hydrogens is 741 g/mol. The molecule has 0 aliphatic rings. The Balaban J connectivity index is 1.17. The van der Waals surface area contributed by atoms with E-state index in [1.807, 2.05) is 6.07 Å². The molecule has 286 valence electrons. The highest BCUT2D eigenvalue weighted by molar-refractivity contribution is 6.16. The molecular formula is C58H38N2O. The van der Waals surface area contributed by atoms with Crippen LogP contribution in [0.5, 0.6) is 0 Å². The highest BCUT2D eigenvalue weighted by Crippen LogP contribution is 2.49. The molecule has 0 aliphatic heterocycles. The van der Waals surface area contributed by atoms with Gasteiger partial charge >= 0.3 is 0 Å². The lowest BCUT2D eigenvalue weighted by Crippen LogP contribution is -2.13. The van der Waals surface area contributed by atoms with Gasteiger partial charge in [-0.2, -0.15) is 0 Å². The van der Waals surface area contributed by atoms with Crippen molar-refractivity contribution in [3.05, 3.63) is 231 Å². The number of benzene rings is 10. The second-order valence-electron chi connectivity index (χ2n) is 15.6. The van der Waals surface area contributed by atoms with Gasteiger partial charge in [0.1, 0.15) is 11.2 Å². The van der Waals surface area contributed by atoms with Crippen molar-refractivity contribution in [1.29, 1.82) is 0 Å². The van der Waals surface area contributed by atoms with Crippen LogP contribution in [0.2, 0.25) is 0 Å². The number of hydrogen-bond donors (Lipinski definition) is 0. The van der Waals surface area contributed by atoms with Gasteiger partial charge in [-0.25, -0.2) is 0 Å². The zero-order valence-corrected chi connectivity index (χ0v) is 33.2. The van der Waals surface area contributed by atoms with Crippen molar-refractivity contribution >= 4 is 71.6 Å². The van der Waals surface area contributed by atoms with Gasteiger partial charge in [0.05, 0.1) is 22.4 Å². The van der Waals surface area contributed by atoms with Crippen molar-refractivity contribution in [2.75, 3.05) is 4.90 Å². The monoisotopic (exact) mass is 778 g/mol. The molecule has 0 saturated carbocycles. The highest BCUT2D eigenvalue weighted by Gasteiger charge is 2.25. The molecule has 0 radical (unpaired) electrons. The molecule has 0 saturated heterocycles. The summed E-state index contributed by atoms with van der Waals surface area (Å²) < 4.78 is 8.83. The van der Waals surface area contributed by atoms with Gasteiger partial charge in [-0.1, -0.05) is 176 Å². The van der Waals surface area contributed by atoms with Crippen LogP contribution in [0.4, 0.5) is 17.1 Å². The van der Waals surface area contributed by atoms with Crippen molar-refractivity contribution in [2.24, 2.45) is 0 Å². The highest BCUT2D eigenvalue weighted by atomic mass is 16.3. The molecule has 2 heterocycles. The molecule has 0 spiro atoms. The van der Waals surface area contributed by atoms with E-state index in [-0.39, 0.29) is 0 Å². The van der Waals surface area contributed by atoms with Gasteiger partial charge in [0.2, 0.25) is 0 Å². The number of rotatable bonds is 7. The topological polar surface area (TPSA) is 21.3 Å². The van der Waals surface area contributed by atoms with Gasteiger partial charge in [-0.3, -0.25) is 0 Å². The summed E-state index contributed by atoms with van der Waals surface area (Å²) in [5.41, 5.74) is 15.4. The number of para-hydroxylation sites is 5. The summed E-state index contributed by atoms with van der Waals surface area (Å²) in [4.78, 5) is 2.48. The summed E-state index contributed by atoms with van der Waals surface area (Å²) >= 11 is 0. The first-order valence-electron chi connectivity index (χ1n) is 20.9. The van der Waals surface area contributed by atoms with Gasteiger partial charge in [-0.15, -0.1) is 0 Å². The second kappa shape index (κ2) is 14.3. The van der Waals surface area contributed by atoms with Gasteiger partial charge in [0.15, 0.2) is 0 Å². The van der Waals surface area contributed by atoms with Crippen molar-refractivity contribution in [1.82, 2.24) is 4.57 Å². The normalized spacial score (nSPS) is 11.6. The van der Waals surface area contributed by atoms with E-state index in [1.54, 1.807) is 0 Å². The maximum absolute atomic E-state index is 6.39. The Morgan fingerprint density at radius 2 is 0.934 bits per heavy atom. The number of aromatic nitrogens is 1. The third-order valence-corrected chi connectivity index (χ3v) is 12.2. The molecule has 12 aromatic rings. The van der Waals surface area contributed by atoms with E-state index in [2.05, 4.69) is 234 Å². The molecule has 0 bridgehead atoms. The summed E-state index contributed by atoms with van der Waals surface area (Å²) in [6.45, 7) is 0. The van der Waals surface area contributed by atoms with Crippen LogP contribution in [0.15, 0.2) is 235 Å². The molecule has 0 N–H and O–H groups in total. The minimum absolute atomic E-state index is 0.883. The van der Waals surface area contributed by atoms with Gasteiger partial charge < -0.3 is 13.9 Å². The van der Waals surface area contributed by atoms with Crippen LogP contribution in [0, 0.1) is 0 Å². The zero-order valence-electron chi connectivity index (χ0n) is 33.2. The first-order chi connectivity index (χ1) is 30.3. The van der Waals surface area contributed by atoms with Crippen LogP contribution in [0.1, 0.15) is 0 Å². The van der Waals surface area contributed by atoms with Crippen molar-refractivity contribution in [3.8, 4) is 39.1 Å². The third-order valence-electron chi connectivity index (χ3n) is 12.2. The number of furan rings is 1. The molecule has 10 aromatic carbocycles. The average molecular weight is 779 g/mol. The molecule has 2 aromatic heterocycles. The Kier molecular flexibility index (Phi) is 8.17. The summed E-state index contributed by atoms with van der Waals surface area (Å²) in [6.07, 6.45) is 0. The lowest BCUT2D eigenvalue weighted by Gasteiger charge is -2.30. The van der Waals surface area contributed by atoms with Crippen molar-refractivity contribution in [3.63, 3.8) is 0 Å². The van der Waals surface area contributed by atoms with Gasteiger partial charge in [0, 0.05) is 38.5 Å². The van der Waals surface area contributed by atoms with Gasteiger partial charge in [-0.05, 0) is 93.2 Å². The number of anilines is 3. The largest absolute Gasteiger partial charge is 0.456 e. The SMILES string of the molecule is c1ccc(-c2cccc3cccc(-c4ccccc4N(c4cccc(-c5cccc6oc7ccccc7c56)c4)c4cccc5c6ccccc6n(-c6ccccc6)c45)c23)cc1. The zero-order chi connectivity index (χ0) is 40.3. The average Bonchev–Trinajstić information content (AvgIpc) is 3.89. The number of nitrogens with zero attached hydrogens (tertiary/aromatic N) is 2. The standard InChI is InChI=1S/C58H38N2O/c1-3-18-39(19-4-1)44-29-14-20-40-21-15-31-48(56(40)44)46-26-7-10-33-51(46)59(43-25-13-22-41(38-43)45-30-17-37-55-57(45)50-28-9-12-36-54(50)61-55)53-35-16-32-49-47-27-8-11-34-52(47)60(58(49)53)42-23-5-2-6-24-42/h1-38H. The Labute approximate surface area is 353 Å². The van der Waals surface area contributed by atoms with Crippen LogP contribution in [0.25, 0.3) is 93.6 Å². The molecule has 0 amide bonds. The van der Waals surface area contributed by atoms with E-state index in [4.69, 9.17) is 4.42 Å². The van der Waals surface area contributed by atoms with Crippen molar-refractivity contribution < 1.29 is 4.42 Å². The van der Waals surface area contributed by atoms with Crippen LogP contribution in [-0.4, -0.2) is 4.57 Å². The molecule has 12 rings (SSSR count). The molecule has 3 heteroatoms. The van der Waals surface area contributed by atoms with E-state index in [9.17, 15) is 0 Å². The fourth-order valence-corrected chi connectivity index (χ4v) is 9.58. The molecule has 3 nitrogen and oxygen atoms in total. The van der Waals surface area contributed by atoms with Crippen LogP contribution in [-0.2, 0) is 0 Å². The first kappa shape index (κ1) is 34.9. The predicted octanol–water partition coefficient (Wildman–Crippen LogP) is 16.3. The lowest BCUT2D eigenvalue weighted by molar-refractivity contribution is 0.669. The fraction of sp³-hybridized carbons (Fsp3) is 0. The molecule has 0 aliphatic carbocycles. The van der Waals surface area contributed by atoms with Crippen LogP contribution < -0.4 is 4.90 Å². The van der Waals surface area contributed by atoms with E-state index in [0.29, 0.717) is 0 Å². The Morgan fingerprint density at radius 1 is 0.361 bits per heavy atom. The quantitative estimate of drug-likeness (QED) is 0.161. The Morgan fingerprint density at radius 3 is 1.79 bits per heavy atom. The number of hydrogen-bond acceptors (Lipinski definition) is 2. The number of fused-ring (bicyclic) bond motifs is 7. The fourth-order valence-electron chi connectivity index (χ4n) is 9.58. The van der Waals surface area contributed by atoms with Crippen LogP contribution in [0.3, 0.4) is 0 Å². The van der Waals surface area contributed by atoms with E-state index >= 15 is 0 Å². The van der Waals surface area contributed by atoms with E-state index in [1.165, 1.54) is 43.8 Å². The van der Waals surface area contributed by atoms with Gasteiger partial charge in [0.25, 0.3) is 0 Å². The van der Waals surface area contributed by atoms with Crippen molar-refractivity contribution in [2.45, 2.75) is 0 Å². The molecule has 0 fully saturated rings. The molecule has 61 heavy (non-hydrogen) atoms. The molecule has 0 unspecified atom stereocenters. The second-order valence-corrected chi connectivity index (χ2v) is 15.6. The van der Waals surface area contributed by atoms with E-state index in [0.717, 1.165) is 66.9 Å². The Hall–Kier alpha value is -8.14.